The zero-order valence-electron chi connectivity index (χ0n) is 14.4. The highest BCUT2D eigenvalue weighted by Crippen LogP contribution is 2.25. The molecular weight excluding hydrogens is 304 g/mol. The van der Waals surface area contributed by atoms with Crippen LogP contribution in [0, 0.1) is 35.5 Å². The molecule has 0 spiro atoms. The van der Waals surface area contributed by atoms with E-state index in [9.17, 15) is 9.59 Å². The van der Waals surface area contributed by atoms with Gasteiger partial charge in [-0.1, -0.05) is 49.4 Å². The summed E-state index contributed by atoms with van der Waals surface area (Å²) in [6.45, 7) is 0. The first-order valence-electron chi connectivity index (χ1n) is 8.59. The fraction of sp³-hybridized carbons (Fsp3) is 0.600. The molecule has 0 aliphatic heterocycles. The van der Waals surface area contributed by atoms with Crippen LogP contribution in [0.1, 0.15) is 51.4 Å². The molecule has 0 amide bonds. The molecule has 2 fully saturated rings. The minimum atomic E-state index is -0.637. The van der Waals surface area contributed by atoms with Crippen molar-refractivity contribution in [3.8, 4) is 23.7 Å². The van der Waals surface area contributed by atoms with E-state index >= 15 is 0 Å². The van der Waals surface area contributed by atoms with Crippen molar-refractivity contribution >= 4 is 11.9 Å². The Bertz CT molecular complexity index is 568. The summed E-state index contributed by atoms with van der Waals surface area (Å²) < 4.78 is 9.60. The highest BCUT2D eigenvalue weighted by atomic mass is 16.5. The largest absolute Gasteiger partial charge is 0.465 e. The molecule has 2 aliphatic carbocycles. The lowest BCUT2D eigenvalue weighted by Gasteiger charge is -2.04. The van der Waals surface area contributed by atoms with Crippen molar-refractivity contribution in [1.29, 1.82) is 0 Å². The first-order chi connectivity index (χ1) is 11.7. The molecule has 0 heterocycles. The van der Waals surface area contributed by atoms with Gasteiger partial charge in [0.25, 0.3) is 0 Å². The van der Waals surface area contributed by atoms with Crippen LogP contribution in [0.3, 0.4) is 0 Å². The highest BCUT2D eigenvalue weighted by Gasteiger charge is 2.21. The van der Waals surface area contributed by atoms with Crippen LogP contribution in [0.25, 0.3) is 0 Å². The number of rotatable bonds is 2. The minimum absolute atomic E-state index is 0.0155. The average Bonchev–Trinajstić information content (AvgIpc) is 3.30. The summed E-state index contributed by atoms with van der Waals surface area (Å²) in [5.41, 5.74) is 0.0310. The van der Waals surface area contributed by atoms with Crippen molar-refractivity contribution in [3.05, 3.63) is 11.1 Å². The quantitative estimate of drug-likeness (QED) is 0.444. The maximum absolute atomic E-state index is 12.1. The molecule has 0 aromatic heterocycles. The number of methoxy groups -OCH3 is 2. The van der Waals surface area contributed by atoms with Gasteiger partial charge in [-0.3, -0.25) is 0 Å². The van der Waals surface area contributed by atoms with Gasteiger partial charge in [-0.15, -0.1) is 0 Å². The molecule has 2 saturated carbocycles. The van der Waals surface area contributed by atoms with Crippen LogP contribution < -0.4 is 0 Å². The van der Waals surface area contributed by atoms with E-state index in [1.54, 1.807) is 0 Å². The molecule has 0 saturated heterocycles. The van der Waals surface area contributed by atoms with Gasteiger partial charge in [0, 0.05) is 11.8 Å². The van der Waals surface area contributed by atoms with E-state index in [2.05, 4.69) is 23.7 Å². The average molecular weight is 328 g/mol. The summed E-state index contributed by atoms with van der Waals surface area (Å²) in [6, 6.07) is 0. The van der Waals surface area contributed by atoms with Crippen LogP contribution in [0.2, 0.25) is 0 Å². The fourth-order valence-corrected chi connectivity index (χ4v) is 3.12. The van der Waals surface area contributed by atoms with Crippen molar-refractivity contribution in [2.24, 2.45) is 11.8 Å². The lowest BCUT2D eigenvalue weighted by Crippen LogP contribution is -2.13. The van der Waals surface area contributed by atoms with Crippen molar-refractivity contribution in [1.82, 2.24) is 0 Å². The standard InChI is InChI=1S/C20H24O4/c1-23-19(21)17(13-11-15-7-3-4-8-15)18(20(22)24-2)14-12-16-9-5-6-10-16/h15-16H,3-10H2,1-2H3/b18-17-. The highest BCUT2D eigenvalue weighted by molar-refractivity contribution is 6.06. The van der Waals surface area contributed by atoms with Crippen molar-refractivity contribution in [2.45, 2.75) is 51.4 Å². The van der Waals surface area contributed by atoms with E-state index in [1.807, 2.05) is 0 Å². The molecule has 0 N–H and O–H groups in total. The summed E-state index contributed by atoms with van der Waals surface area (Å²) in [6.07, 6.45) is 8.74. The van der Waals surface area contributed by atoms with Gasteiger partial charge in [0.2, 0.25) is 0 Å². The number of ether oxygens (including phenoxy) is 2. The third-order valence-electron chi connectivity index (χ3n) is 4.54. The summed E-state index contributed by atoms with van der Waals surface area (Å²) in [7, 11) is 2.55. The van der Waals surface area contributed by atoms with E-state index in [0.29, 0.717) is 0 Å². The Morgan fingerprint density at radius 3 is 1.33 bits per heavy atom. The van der Waals surface area contributed by atoms with E-state index in [0.717, 1.165) is 51.4 Å². The molecule has 0 unspecified atom stereocenters. The SMILES string of the molecule is COC(=O)/C(C#CC1CCCC1)=C(/C#CC1CCCC1)C(=O)OC. The van der Waals surface area contributed by atoms with Crippen LogP contribution in [0.4, 0.5) is 0 Å². The lowest BCUT2D eigenvalue weighted by molar-refractivity contribution is -0.138. The molecule has 0 aromatic carbocycles. The van der Waals surface area contributed by atoms with E-state index in [4.69, 9.17) is 9.47 Å². The predicted molar refractivity (Wildman–Crippen MR) is 90.5 cm³/mol. The summed E-state index contributed by atoms with van der Waals surface area (Å²) in [5, 5.41) is 0. The Balaban J connectivity index is 2.37. The molecule has 24 heavy (non-hydrogen) atoms. The van der Waals surface area contributed by atoms with Gasteiger partial charge in [0.05, 0.1) is 14.2 Å². The molecule has 0 bridgehead atoms. The molecule has 128 valence electrons. The Morgan fingerprint density at radius 1 is 0.708 bits per heavy atom. The molecule has 4 heteroatoms. The second-order valence-corrected chi connectivity index (χ2v) is 6.23. The predicted octanol–water partition coefficient (Wildman–Crippen LogP) is 3.02. The number of esters is 2. The van der Waals surface area contributed by atoms with Gasteiger partial charge >= 0.3 is 11.9 Å². The van der Waals surface area contributed by atoms with Gasteiger partial charge in [-0.2, -0.15) is 0 Å². The maximum atomic E-state index is 12.1. The Morgan fingerprint density at radius 2 is 1.04 bits per heavy atom. The number of carbonyl (C=O) groups is 2. The normalized spacial score (nSPS) is 18.8. The Kier molecular flexibility index (Phi) is 6.94. The van der Waals surface area contributed by atoms with Gasteiger partial charge in [-0.25, -0.2) is 9.59 Å². The summed E-state index contributed by atoms with van der Waals surface area (Å²) >= 11 is 0. The second kappa shape index (κ2) is 9.18. The van der Waals surface area contributed by atoms with E-state index in [-0.39, 0.29) is 23.0 Å². The van der Waals surface area contributed by atoms with Gasteiger partial charge in [0.1, 0.15) is 11.1 Å². The zero-order chi connectivity index (χ0) is 17.4. The monoisotopic (exact) mass is 328 g/mol. The number of hydrogen-bond acceptors (Lipinski definition) is 4. The molecule has 2 rings (SSSR count). The molecule has 2 aliphatic rings. The van der Waals surface area contributed by atoms with Crippen LogP contribution in [0.15, 0.2) is 11.1 Å². The fourth-order valence-electron chi connectivity index (χ4n) is 3.12. The first kappa shape index (κ1) is 18.1. The first-order valence-corrected chi connectivity index (χ1v) is 8.59. The molecule has 0 aromatic rings. The van der Waals surface area contributed by atoms with Crippen LogP contribution >= 0.6 is 0 Å². The Hall–Kier alpha value is -2.20. The topological polar surface area (TPSA) is 52.6 Å². The van der Waals surface area contributed by atoms with Crippen LogP contribution in [-0.2, 0) is 19.1 Å². The molecular formula is C20H24O4. The Labute approximate surface area is 144 Å². The lowest BCUT2D eigenvalue weighted by atomic mass is 10.0. The third-order valence-corrected chi connectivity index (χ3v) is 4.54. The second-order valence-electron chi connectivity index (χ2n) is 6.23. The molecule has 4 nitrogen and oxygen atoms in total. The van der Waals surface area contributed by atoms with E-state index in [1.165, 1.54) is 14.2 Å². The number of hydrogen-bond donors (Lipinski definition) is 0. The molecule has 0 atom stereocenters. The van der Waals surface area contributed by atoms with Crippen molar-refractivity contribution in [3.63, 3.8) is 0 Å². The number of carbonyl (C=O) groups excluding carboxylic acids is 2. The van der Waals surface area contributed by atoms with Crippen molar-refractivity contribution < 1.29 is 19.1 Å². The third kappa shape index (κ3) is 4.90. The maximum Gasteiger partial charge on any atom is 0.348 e. The van der Waals surface area contributed by atoms with Crippen LogP contribution in [0.5, 0.6) is 0 Å². The summed E-state index contributed by atoms with van der Waals surface area (Å²) in [4.78, 5) is 24.2. The van der Waals surface area contributed by atoms with Gasteiger partial charge < -0.3 is 9.47 Å². The summed E-state index contributed by atoms with van der Waals surface area (Å²) in [5.74, 6) is 11.2. The zero-order valence-corrected chi connectivity index (χ0v) is 14.4. The smallest absolute Gasteiger partial charge is 0.348 e. The van der Waals surface area contributed by atoms with Crippen LogP contribution in [-0.4, -0.2) is 26.2 Å². The van der Waals surface area contributed by atoms with Gasteiger partial charge in [0.15, 0.2) is 0 Å². The van der Waals surface area contributed by atoms with Gasteiger partial charge in [-0.05, 0) is 25.7 Å². The molecule has 0 radical (unpaired) electrons. The minimum Gasteiger partial charge on any atom is -0.465 e. The van der Waals surface area contributed by atoms with Crippen molar-refractivity contribution in [2.75, 3.05) is 14.2 Å². The van der Waals surface area contributed by atoms with E-state index < -0.39 is 11.9 Å².